The average Bonchev–Trinajstić information content (AvgIpc) is 3.51. The molecule has 0 spiro atoms. The van der Waals surface area contributed by atoms with E-state index in [1.165, 1.54) is 34.8 Å². The number of carbonyl (C=O) groups excluding carboxylic acids is 3. The molecule has 0 aromatic carbocycles. The Morgan fingerprint density at radius 3 is 2.87 bits per heavy atom. The summed E-state index contributed by atoms with van der Waals surface area (Å²) >= 11 is 2.38. The Balaban J connectivity index is 1.39. The third kappa shape index (κ3) is 4.22. The van der Waals surface area contributed by atoms with E-state index in [0.717, 1.165) is 16.2 Å². The van der Waals surface area contributed by atoms with Crippen molar-refractivity contribution in [3.05, 3.63) is 58.0 Å². The molecule has 14 nitrogen and oxygen atoms in total. The highest BCUT2D eigenvalue weighted by atomic mass is 32.2. The number of thioether (sulfide) groups is 1. The number of carbonyl (C=O) groups is 4. The summed E-state index contributed by atoms with van der Waals surface area (Å²) in [5, 5.41) is 31.7. The van der Waals surface area contributed by atoms with Crippen LogP contribution in [0.1, 0.15) is 21.7 Å². The smallest absolute Gasteiger partial charge is 0.404 e. The minimum Gasteiger partial charge on any atom is -0.543 e. The number of thiazole rings is 1. The van der Waals surface area contributed by atoms with Crippen molar-refractivity contribution in [2.24, 2.45) is 5.16 Å². The number of fused-ring (bicyclic) bond motifs is 2. The number of carboxylic acid groups (broad SMARTS) is 2. The third-order valence-electron chi connectivity index (χ3n) is 6.00. The normalized spacial score (nSPS) is 19.2. The van der Waals surface area contributed by atoms with Gasteiger partial charge in [-0.2, -0.15) is 5.10 Å². The van der Waals surface area contributed by atoms with Crippen LogP contribution in [0.5, 0.6) is 0 Å². The van der Waals surface area contributed by atoms with Gasteiger partial charge in [0, 0.05) is 29.7 Å². The number of carboxylic acids is 2. The molecule has 5 heterocycles. The molecule has 1 saturated heterocycles. The molecular weight excluding hydrogens is 538 g/mol. The molecule has 0 saturated carbocycles. The van der Waals surface area contributed by atoms with E-state index in [-0.39, 0.29) is 40.1 Å². The van der Waals surface area contributed by atoms with Crippen LogP contribution >= 0.6 is 23.1 Å². The van der Waals surface area contributed by atoms with Crippen LogP contribution in [-0.4, -0.2) is 73.8 Å². The minimum absolute atomic E-state index is 0.00848. The first-order chi connectivity index (χ1) is 18.2. The van der Waals surface area contributed by atoms with Gasteiger partial charge in [-0.25, -0.2) is 9.78 Å². The van der Waals surface area contributed by atoms with Gasteiger partial charge >= 0.3 is 11.7 Å². The fourth-order valence-corrected chi connectivity index (χ4v) is 6.26. The number of aromatic nitrogens is 3. The van der Waals surface area contributed by atoms with Gasteiger partial charge in [0.2, 0.25) is 5.52 Å². The van der Waals surface area contributed by atoms with E-state index in [0.29, 0.717) is 16.7 Å². The Morgan fingerprint density at radius 1 is 1.42 bits per heavy atom. The lowest BCUT2D eigenvalue weighted by atomic mass is 9.99. The van der Waals surface area contributed by atoms with E-state index in [2.05, 4.69) is 20.6 Å². The topological polar surface area (TPSA) is 207 Å². The molecular formula is C22H19N7O7S2. The minimum atomic E-state index is -1.53. The van der Waals surface area contributed by atoms with Crippen molar-refractivity contribution in [1.29, 1.82) is 0 Å². The summed E-state index contributed by atoms with van der Waals surface area (Å²) in [5.41, 5.74) is 6.99. The second-order valence-electron chi connectivity index (χ2n) is 8.21. The third-order valence-corrected chi connectivity index (χ3v) is 8.01. The molecule has 16 heteroatoms. The van der Waals surface area contributed by atoms with Crippen molar-refractivity contribution in [2.75, 3.05) is 18.6 Å². The zero-order chi connectivity index (χ0) is 27.1. The summed E-state index contributed by atoms with van der Waals surface area (Å²) in [6, 6.07) is 3.71. The van der Waals surface area contributed by atoms with Crippen LogP contribution in [-0.2, 0) is 25.6 Å². The number of nitrogens with one attached hydrogen (secondary N) is 2. The molecule has 5 rings (SSSR count). The molecule has 2 aliphatic heterocycles. The Hall–Kier alpha value is -4.44. The fraction of sp³-hybridized carbons (Fsp3) is 0.227. The monoisotopic (exact) mass is 557 g/mol. The number of nitrogens with zero attached hydrogens (tertiary/aromatic N) is 4. The SMILES string of the molecule is CO/N=C(\C(=O)N[C@@H]1C(=O)N2C(C(=O)[O-])=C(Cc3c[nH][n+]4c(C(=O)O)cccc34)CS[C@H]12)c1csc(N)n1. The highest BCUT2D eigenvalue weighted by Crippen LogP contribution is 2.41. The van der Waals surface area contributed by atoms with Crippen LogP contribution in [0.3, 0.4) is 0 Å². The van der Waals surface area contributed by atoms with E-state index >= 15 is 0 Å². The van der Waals surface area contributed by atoms with Gasteiger partial charge in [0.05, 0.1) is 23.4 Å². The molecule has 5 N–H and O–H groups in total. The number of aromatic carboxylic acids is 1. The van der Waals surface area contributed by atoms with Crippen LogP contribution in [0, 0.1) is 0 Å². The van der Waals surface area contributed by atoms with Gasteiger partial charge < -0.3 is 30.9 Å². The van der Waals surface area contributed by atoms with E-state index in [9.17, 15) is 29.4 Å². The number of hydrogen-bond donors (Lipinski definition) is 4. The number of amides is 2. The maximum absolute atomic E-state index is 13.0. The van der Waals surface area contributed by atoms with E-state index < -0.39 is 35.2 Å². The second-order valence-corrected chi connectivity index (χ2v) is 10.2. The lowest BCUT2D eigenvalue weighted by Crippen LogP contribution is -2.71. The number of pyridine rings is 1. The highest BCUT2D eigenvalue weighted by Gasteiger charge is 2.53. The van der Waals surface area contributed by atoms with Crippen molar-refractivity contribution in [3.8, 4) is 0 Å². The molecule has 0 radical (unpaired) electrons. The number of rotatable bonds is 8. The Kier molecular flexibility index (Phi) is 6.50. The molecule has 1 fully saturated rings. The highest BCUT2D eigenvalue weighted by molar-refractivity contribution is 8.00. The summed E-state index contributed by atoms with van der Waals surface area (Å²) in [6.07, 6.45) is 1.72. The van der Waals surface area contributed by atoms with E-state index in [1.807, 2.05) is 0 Å². The molecule has 2 amide bonds. The summed E-state index contributed by atoms with van der Waals surface area (Å²) in [4.78, 5) is 59.4. The van der Waals surface area contributed by atoms with Gasteiger partial charge in [-0.1, -0.05) is 9.67 Å². The quantitative estimate of drug-likeness (QED) is 0.109. The maximum atomic E-state index is 13.0. The molecule has 2 aliphatic rings. The lowest BCUT2D eigenvalue weighted by molar-refractivity contribution is -0.579. The number of nitrogens with two attached hydrogens (primary N) is 1. The number of hydrogen-bond acceptors (Lipinski definition) is 11. The predicted molar refractivity (Wildman–Crippen MR) is 132 cm³/mol. The average molecular weight is 558 g/mol. The molecule has 3 aromatic rings. The van der Waals surface area contributed by atoms with Crippen LogP contribution in [0.15, 0.2) is 46.2 Å². The molecule has 196 valence electrons. The van der Waals surface area contributed by atoms with E-state index in [4.69, 9.17) is 10.6 Å². The van der Waals surface area contributed by atoms with Gasteiger partial charge in [-0.05, 0) is 11.6 Å². The van der Waals surface area contributed by atoms with Gasteiger partial charge in [0.1, 0.15) is 24.2 Å². The number of aliphatic carboxylic acids is 1. The predicted octanol–water partition coefficient (Wildman–Crippen LogP) is -1.51. The summed E-state index contributed by atoms with van der Waals surface area (Å²) in [5.74, 6) is -3.77. The van der Waals surface area contributed by atoms with Crippen molar-refractivity contribution in [3.63, 3.8) is 0 Å². The second kappa shape index (κ2) is 9.79. The van der Waals surface area contributed by atoms with Crippen LogP contribution < -0.4 is 20.7 Å². The van der Waals surface area contributed by atoms with Gasteiger partial charge in [0.15, 0.2) is 10.8 Å². The summed E-state index contributed by atoms with van der Waals surface area (Å²) in [7, 11) is 1.25. The molecule has 3 aromatic heterocycles. The van der Waals surface area contributed by atoms with Crippen molar-refractivity contribution in [2.45, 2.75) is 17.8 Å². The van der Waals surface area contributed by atoms with E-state index in [1.54, 1.807) is 18.3 Å². The molecule has 38 heavy (non-hydrogen) atoms. The maximum Gasteiger partial charge on any atom is 0.404 e. The fourth-order valence-electron chi connectivity index (χ4n) is 4.36. The Morgan fingerprint density at radius 2 is 2.21 bits per heavy atom. The van der Waals surface area contributed by atoms with Gasteiger partial charge in [-0.15, -0.1) is 23.1 Å². The number of aromatic amines is 1. The Bertz CT molecular complexity index is 1560. The van der Waals surface area contributed by atoms with Crippen LogP contribution in [0.4, 0.5) is 5.13 Å². The van der Waals surface area contributed by atoms with Crippen LogP contribution in [0.2, 0.25) is 0 Å². The zero-order valence-electron chi connectivity index (χ0n) is 19.5. The molecule has 0 unspecified atom stereocenters. The first kappa shape index (κ1) is 25.2. The number of nitrogen functional groups attached to an aromatic ring is 1. The summed E-state index contributed by atoms with van der Waals surface area (Å²) < 4.78 is 1.38. The van der Waals surface area contributed by atoms with Crippen molar-refractivity contribution in [1.82, 2.24) is 20.3 Å². The van der Waals surface area contributed by atoms with Gasteiger partial charge in [0.25, 0.3) is 11.8 Å². The number of oxime groups is 1. The molecule has 2 atom stereocenters. The van der Waals surface area contributed by atoms with Gasteiger partial charge in [-0.3, -0.25) is 14.5 Å². The first-order valence-corrected chi connectivity index (χ1v) is 12.9. The number of anilines is 1. The Labute approximate surface area is 221 Å². The number of β-lactam (4-membered cyclic amide) rings is 1. The zero-order valence-corrected chi connectivity index (χ0v) is 21.2. The first-order valence-electron chi connectivity index (χ1n) is 11.0. The summed E-state index contributed by atoms with van der Waals surface area (Å²) in [6.45, 7) is 0. The standard InChI is InChI=1S/C22H19N7O7S2/c1-36-27-14(11-8-38-22(23)25-11)17(30)26-15-18(31)28-16(21(34)35)10(7-37-19(15)28)5-9-6-24-29-12(9)3-2-4-13(29)20(32)33/h2-4,6,8,15,19H,5,7H2,1H3,(H5,23,25,26,30,32,33,34,35)/b27-14-/t15-,19-/m1/s1. The lowest BCUT2D eigenvalue weighted by Gasteiger charge is -2.50. The van der Waals surface area contributed by atoms with Crippen LogP contribution in [0.25, 0.3) is 5.52 Å². The van der Waals surface area contributed by atoms with Crippen molar-refractivity contribution < 1.29 is 38.7 Å². The van der Waals surface area contributed by atoms with Crippen molar-refractivity contribution >= 4 is 63.2 Å². The number of H-pyrrole nitrogens is 1. The molecule has 0 bridgehead atoms. The largest absolute Gasteiger partial charge is 0.543 e. The molecule has 0 aliphatic carbocycles.